The molecular weight excluding hydrogens is 661 g/mol. The minimum absolute atomic E-state index is 0.122. The van der Waals surface area contributed by atoms with Crippen LogP contribution < -0.4 is 0 Å². The first-order valence-electron chi connectivity index (χ1n) is 21.4. The van der Waals surface area contributed by atoms with Gasteiger partial charge in [0.05, 0.1) is 6.42 Å². The van der Waals surface area contributed by atoms with Crippen molar-refractivity contribution >= 4 is 17.9 Å². The van der Waals surface area contributed by atoms with E-state index in [9.17, 15) is 14.4 Å². The van der Waals surface area contributed by atoms with E-state index in [4.69, 9.17) is 14.2 Å². The summed E-state index contributed by atoms with van der Waals surface area (Å²) in [5.74, 6) is -1.11. The smallest absolute Gasteiger partial charge is 0.309 e. The third-order valence-electron chi connectivity index (χ3n) is 8.74. The predicted octanol–water partition coefficient (Wildman–Crippen LogP) is 13.5. The highest BCUT2D eigenvalue weighted by atomic mass is 16.6. The topological polar surface area (TPSA) is 78.9 Å². The lowest BCUT2D eigenvalue weighted by Crippen LogP contribution is -2.30. The molecule has 1 unspecified atom stereocenters. The maximum atomic E-state index is 12.6. The Hall–Kier alpha value is -3.15. The first-order valence-corrected chi connectivity index (χ1v) is 21.4. The van der Waals surface area contributed by atoms with Crippen molar-refractivity contribution in [2.75, 3.05) is 13.2 Å². The molecule has 0 aromatic heterocycles. The molecule has 0 bridgehead atoms. The van der Waals surface area contributed by atoms with E-state index in [1.54, 1.807) is 6.08 Å². The Morgan fingerprint density at radius 1 is 0.415 bits per heavy atom. The van der Waals surface area contributed by atoms with Crippen molar-refractivity contribution in [3.63, 3.8) is 0 Å². The molecule has 0 aromatic carbocycles. The lowest BCUT2D eigenvalue weighted by Gasteiger charge is -2.18. The predicted molar refractivity (Wildman–Crippen MR) is 224 cm³/mol. The zero-order valence-electron chi connectivity index (χ0n) is 34.3. The summed E-state index contributed by atoms with van der Waals surface area (Å²) in [7, 11) is 0. The molecule has 0 fully saturated rings. The second kappa shape index (κ2) is 41.6. The maximum Gasteiger partial charge on any atom is 0.309 e. The summed E-state index contributed by atoms with van der Waals surface area (Å²) in [6.45, 7) is 6.23. The van der Waals surface area contributed by atoms with Gasteiger partial charge in [0.1, 0.15) is 13.2 Å². The van der Waals surface area contributed by atoms with Crippen molar-refractivity contribution in [3.05, 3.63) is 72.9 Å². The van der Waals surface area contributed by atoms with Gasteiger partial charge in [-0.1, -0.05) is 184 Å². The Balaban J connectivity index is 4.46. The average molecular weight is 739 g/mol. The number of rotatable bonds is 37. The summed E-state index contributed by atoms with van der Waals surface area (Å²) < 4.78 is 16.5. The molecule has 0 spiro atoms. The van der Waals surface area contributed by atoms with Gasteiger partial charge in [-0.3, -0.25) is 14.4 Å². The molecule has 0 heterocycles. The molecule has 0 aliphatic heterocycles. The molecule has 0 aromatic rings. The number of hydrogen-bond donors (Lipinski definition) is 0. The van der Waals surface area contributed by atoms with Crippen LogP contribution in [0.25, 0.3) is 0 Å². The van der Waals surface area contributed by atoms with Crippen LogP contribution >= 0.6 is 0 Å². The molecule has 0 aliphatic rings. The van der Waals surface area contributed by atoms with Crippen LogP contribution in [0, 0.1) is 0 Å². The number of hydrogen-bond acceptors (Lipinski definition) is 6. The summed E-state index contributed by atoms with van der Waals surface area (Å²) in [5.41, 5.74) is 0. The average Bonchev–Trinajstić information content (AvgIpc) is 3.15. The van der Waals surface area contributed by atoms with Crippen LogP contribution in [0.5, 0.6) is 0 Å². The number of ether oxygens (including phenoxy) is 3. The highest BCUT2D eigenvalue weighted by molar-refractivity contribution is 5.72. The minimum atomic E-state index is -0.831. The Morgan fingerprint density at radius 3 is 1.30 bits per heavy atom. The first-order chi connectivity index (χ1) is 26.0. The fourth-order valence-electron chi connectivity index (χ4n) is 5.58. The van der Waals surface area contributed by atoms with E-state index in [0.717, 1.165) is 64.2 Å². The lowest BCUT2D eigenvalue weighted by molar-refractivity contribution is -0.166. The molecule has 0 aliphatic carbocycles. The monoisotopic (exact) mass is 739 g/mol. The van der Waals surface area contributed by atoms with Gasteiger partial charge in [0.2, 0.25) is 0 Å². The van der Waals surface area contributed by atoms with Crippen molar-refractivity contribution in [2.24, 2.45) is 0 Å². The van der Waals surface area contributed by atoms with Crippen LogP contribution in [0.4, 0.5) is 0 Å². The third-order valence-corrected chi connectivity index (χ3v) is 8.74. The van der Waals surface area contributed by atoms with Gasteiger partial charge >= 0.3 is 17.9 Å². The molecule has 0 saturated carbocycles. The van der Waals surface area contributed by atoms with E-state index in [1.807, 2.05) is 6.08 Å². The van der Waals surface area contributed by atoms with Crippen LogP contribution in [0.15, 0.2) is 72.9 Å². The number of esters is 3. The fraction of sp³-hybridized carbons (Fsp3) is 0.681. The zero-order chi connectivity index (χ0) is 38.7. The SMILES string of the molecule is CC/C=C\C/C=C\C/C=C\CCCC(=O)OC(COC(=O)C/C=C\C/C=C\C/C=C\CC)COC(=O)CCCCCCCCCCCCCCCCC. The van der Waals surface area contributed by atoms with E-state index < -0.39 is 12.1 Å². The van der Waals surface area contributed by atoms with Gasteiger partial charge in [-0.25, -0.2) is 0 Å². The second-order valence-electron chi connectivity index (χ2n) is 13.9. The molecule has 1 atom stereocenters. The van der Waals surface area contributed by atoms with E-state index in [0.29, 0.717) is 12.8 Å². The molecule has 0 rings (SSSR count). The molecule has 0 radical (unpaired) electrons. The Bertz CT molecular complexity index is 1030. The summed E-state index contributed by atoms with van der Waals surface area (Å²) in [6, 6.07) is 0. The van der Waals surface area contributed by atoms with Gasteiger partial charge in [-0.2, -0.15) is 0 Å². The minimum Gasteiger partial charge on any atom is -0.462 e. The Labute approximate surface area is 325 Å². The quantitative estimate of drug-likeness (QED) is 0.0273. The molecule has 53 heavy (non-hydrogen) atoms. The van der Waals surface area contributed by atoms with Gasteiger partial charge in [-0.05, 0) is 57.8 Å². The van der Waals surface area contributed by atoms with E-state index in [1.165, 1.54) is 77.0 Å². The lowest BCUT2D eigenvalue weighted by atomic mass is 10.0. The Kier molecular flexibility index (Phi) is 39.1. The number of unbranched alkanes of at least 4 members (excludes halogenated alkanes) is 15. The molecule has 0 N–H and O–H groups in total. The summed E-state index contributed by atoms with van der Waals surface area (Å²) >= 11 is 0. The third kappa shape index (κ3) is 39.9. The maximum absolute atomic E-state index is 12.6. The first kappa shape index (κ1) is 49.9. The Morgan fingerprint density at radius 2 is 0.811 bits per heavy atom. The van der Waals surface area contributed by atoms with Gasteiger partial charge < -0.3 is 14.2 Å². The van der Waals surface area contributed by atoms with Crippen LogP contribution in [0.1, 0.15) is 188 Å². The van der Waals surface area contributed by atoms with Gasteiger partial charge in [0, 0.05) is 12.8 Å². The molecule has 6 heteroatoms. The molecule has 0 saturated heterocycles. The van der Waals surface area contributed by atoms with Gasteiger partial charge in [0.15, 0.2) is 6.10 Å². The second-order valence-corrected chi connectivity index (χ2v) is 13.9. The van der Waals surface area contributed by atoms with E-state index >= 15 is 0 Å². The highest BCUT2D eigenvalue weighted by Crippen LogP contribution is 2.14. The standard InChI is InChI=1S/C47H78O6/c1-4-7-10-13-16-19-21-22-23-24-26-28-31-34-37-40-46(49)52-43-44(42-51-45(48)39-36-33-30-27-18-15-12-9-6-3)53-47(50)41-38-35-32-29-25-20-17-14-11-8-5-2/h8-9,11-12,17-18,20,27,29,32-33,36,44H,4-7,10,13-16,19,21-26,28,30-31,34-35,37-43H2,1-3H3/b11-8-,12-9-,20-17-,27-18-,32-29-,36-33-. The van der Waals surface area contributed by atoms with E-state index in [2.05, 4.69) is 81.5 Å². The molecule has 302 valence electrons. The van der Waals surface area contributed by atoms with Gasteiger partial charge in [-0.15, -0.1) is 0 Å². The summed E-state index contributed by atoms with van der Waals surface area (Å²) in [5, 5.41) is 0. The summed E-state index contributed by atoms with van der Waals surface area (Å²) in [6.07, 6.45) is 50.8. The molecule has 6 nitrogen and oxygen atoms in total. The van der Waals surface area contributed by atoms with Crippen LogP contribution in [-0.4, -0.2) is 37.2 Å². The highest BCUT2D eigenvalue weighted by Gasteiger charge is 2.19. The number of allylic oxidation sites excluding steroid dienone is 11. The number of carbonyl (C=O) groups excluding carboxylic acids is 3. The number of carbonyl (C=O) groups is 3. The largest absolute Gasteiger partial charge is 0.462 e. The summed E-state index contributed by atoms with van der Waals surface area (Å²) in [4.78, 5) is 37.5. The van der Waals surface area contributed by atoms with Crippen molar-refractivity contribution < 1.29 is 28.6 Å². The van der Waals surface area contributed by atoms with Crippen molar-refractivity contribution in [2.45, 2.75) is 194 Å². The molecule has 0 amide bonds. The van der Waals surface area contributed by atoms with E-state index in [-0.39, 0.29) is 38.0 Å². The van der Waals surface area contributed by atoms with Gasteiger partial charge in [0.25, 0.3) is 0 Å². The van der Waals surface area contributed by atoms with Crippen LogP contribution in [-0.2, 0) is 28.6 Å². The molecular formula is C47H78O6. The van der Waals surface area contributed by atoms with Crippen LogP contribution in [0.2, 0.25) is 0 Å². The van der Waals surface area contributed by atoms with Crippen molar-refractivity contribution in [1.29, 1.82) is 0 Å². The zero-order valence-corrected chi connectivity index (χ0v) is 34.3. The van der Waals surface area contributed by atoms with Crippen LogP contribution in [0.3, 0.4) is 0 Å². The van der Waals surface area contributed by atoms with Crippen molar-refractivity contribution in [1.82, 2.24) is 0 Å². The fourth-order valence-corrected chi connectivity index (χ4v) is 5.58. The normalized spacial score (nSPS) is 12.7. The van der Waals surface area contributed by atoms with Crippen molar-refractivity contribution in [3.8, 4) is 0 Å².